The molecule has 2 N–H and O–H groups in total. The largest absolute Gasteiger partial charge is 0.484 e. The molecule has 0 fully saturated rings. The molecule has 172 valence electrons. The van der Waals surface area contributed by atoms with Gasteiger partial charge in [-0.15, -0.1) is 0 Å². The predicted octanol–water partition coefficient (Wildman–Crippen LogP) is 4.21. The average molecular weight is 454 g/mol. The zero-order valence-corrected chi connectivity index (χ0v) is 19.0. The van der Waals surface area contributed by atoms with E-state index in [1.54, 1.807) is 24.3 Å². The van der Waals surface area contributed by atoms with Crippen molar-refractivity contribution in [2.45, 2.75) is 19.4 Å². The van der Waals surface area contributed by atoms with Gasteiger partial charge < -0.3 is 15.4 Å². The summed E-state index contributed by atoms with van der Waals surface area (Å²) in [5, 5.41) is 15.1. The summed E-state index contributed by atoms with van der Waals surface area (Å²) in [6, 6.07) is 28.2. The first-order chi connectivity index (χ1) is 16.5. The number of benzene rings is 3. The van der Waals surface area contributed by atoms with Gasteiger partial charge in [-0.05, 0) is 48.2 Å². The van der Waals surface area contributed by atoms with Crippen molar-refractivity contribution in [3.63, 3.8) is 0 Å². The Morgan fingerprint density at radius 1 is 0.971 bits per heavy atom. The van der Waals surface area contributed by atoms with E-state index < -0.39 is 5.91 Å². The zero-order chi connectivity index (χ0) is 24.2. The number of carbonyl (C=O) groups excluding carboxylic acids is 2. The van der Waals surface area contributed by atoms with E-state index in [4.69, 9.17) is 4.74 Å². The van der Waals surface area contributed by atoms with Crippen molar-refractivity contribution in [2.24, 2.45) is 0 Å². The molecular formula is C28H27N3O3. The third-order valence-corrected chi connectivity index (χ3v) is 5.15. The molecule has 0 aliphatic carbocycles. The van der Waals surface area contributed by atoms with Crippen molar-refractivity contribution in [3.8, 4) is 11.8 Å². The number of hydrogen-bond donors (Lipinski definition) is 2. The molecule has 0 bridgehead atoms. The lowest BCUT2D eigenvalue weighted by Crippen LogP contribution is -2.31. The molecule has 0 heterocycles. The zero-order valence-electron chi connectivity index (χ0n) is 19.0. The number of hydrogen-bond acceptors (Lipinski definition) is 4. The first kappa shape index (κ1) is 24.3. The van der Waals surface area contributed by atoms with Crippen molar-refractivity contribution in [3.05, 3.63) is 107 Å². The first-order valence-corrected chi connectivity index (χ1v) is 11.1. The molecule has 0 radical (unpaired) electrons. The van der Waals surface area contributed by atoms with Crippen LogP contribution in [0.4, 0.5) is 0 Å². The third-order valence-electron chi connectivity index (χ3n) is 5.15. The van der Waals surface area contributed by atoms with Gasteiger partial charge in [0.1, 0.15) is 17.4 Å². The van der Waals surface area contributed by atoms with Gasteiger partial charge in [-0.3, -0.25) is 9.59 Å². The summed E-state index contributed by atoms with van der Waals surface area (Å²) in [5.41, 5.74) is 2.84. The molecule has 6 nitrogen and oxygen atoms in total. The van der Waals surface area contributed by atoms with Crippen molar-refractivity contribution in [1.82, 2.24) is 10.6 Å². The molecule has 0 saturated carbocycles. The normalized spacial score (nSPS) is 11.7. The van der Waals surface area contributed by atoms with Crippen LogP contribution in [-0.4, -0.2) is 25.0 Å². The lowest BCUT2D eigenvalue weighted by molar-refractivity contribution is -0.123. The molecule has 2 amide bonds. The molecule has 0 aliphatic heterocycles. The predicted molar refractivity (Wildman–Crippen MR) is 132 cm³/mol. The quantitative estimate of drug-likeness (QED) is 0.355. The van der Waals surface area contributed by atoms with Gasteiger partial charge in [-0.2, -0.15) is 5.26 Å². The van der Waals surface area contributed by atoms with Crippen LogP contribution < -0.4 is 15.4 Å². The van der Waals surface area contributed by atoms with Gasteiger partial charge in [0, 0.05) is 6.54 Å². The monoisotopic (exact) mass is 453 g/mol. The summed E-state index contributed by atoms with van der Waals surface area (Å²) < 4.78 is 5.56. The Bertz CT molecular complexity index is 1150. The van der Waals surface area contributed by atoms with Crippen LogP contribution in [0.2, 0.25) is 0 Å². The summed E-state index contributed by atoms with van der Waals surface area (Å²) in [7, 11) is 0. The molecule has 34 heavy (non-hydrogen) atoms. The van der Waals surface area contributed by atoms with Crippen molar-refractivity contribution in [2.75, 3.05) is 13.2 Å². The van der Waals surface area contributed by atoms with E-state index in [9.17, 15) is 14.9 Å². The van der Waals surface area contributed by atoms with E-state index in [-0.39, 0.29) is 24.1 Å². The summed E-state index contributed by atoms with van der Waals surface area (Å²) in [6.07, 6.45) is 2.21. The van der Waals surface area contributed by atoms with Gasteiger partial charge in [0.15, 0.2) is 6.61 Å². The number of nitrogens with zero attached hydrogens (tertiary/aromatic N) is 1. The Hall–Kier alpha value is -4.37. The van der Waals surface area contributed by atoms with Crippen LogP contribution in [0.3, 0.4) is 0 Å². The average Bonchev–Trinajstić information content (AvgIpc) is 2.87. The fourth-order valence-electron chi connectivity index (χ4n) is 3.29. The molecule has 0 spiro atoms. The second-order valence-corrected chi connectivity index (χ2v) is 7.72. The molecule has 0 unspecified atom stereocenters. The smallest absolute Gasteiger partial charge is 0.261 e. The minimum absolute atomic E-state index is 0.0241. The molecule has 6 heteroatoms. The SMILES string of the molecule is C[C@@H](NC(=O)COc1ccc(/C=C(\C#N)C(=O)NCCc2ccccc2)cc1)c1ccccc1. The Kier molecular flexibility index (Phi) is 9.00. The number of rotatable bonds is 10. The van der Waals surface area contributed by atoms with Gasteiger partial charge in [0.05, 0.1) is 6.04 Å². The fourth-order valence-corrected chi connectivity index (χ4v) is 3.29. The molecule has 3 rings (SSSR count). The van der Waals surface area contributed by atoms with E-state index in [1.165, 1.54) is 6.08 Å². The van der Waals surface area contributed by atoms with Crippen LogP contribution in [0, 0.1) is 11.3 Å². The van der Waals surface area contributed by atoms with Crippen LogP contribution in [-0.2, 0) is 16.0 Å². The number of ether oxygens (including phenoxy) is 1. The minimum atomic E-state index is -0.414. The number of nitriles is 1. The van der Waals surface area contributed by atoms with Gasteiger partial charge in [0.2, 0.25) is 0 Å². The van der Waals surface area contributed by atoms with Crippen LogP contribution in [0.1, 0.15) is 29.7 Å². The first-order valence-electron chi connectivity index (χ1n) is 11.1. The van der Waals surface area contributed by atoms with E-state index in [0.717, 1.165) is 11.1 Å². The lowest BCUT2D eigenvalue weighted by Gasteiger charge is -2.14. The highest BCUT2D eigenvalue weighted by atomic mass is 16.5. The molecule has 1 atom stereocenters. The second-order valence-electron chi connectivity index (χ2n) is 7.72. The molecule has 0 aliphatic rings. The highest BCUT2D eigenvalue weighted by Crippen LogP contribution is 2.15. The van der Waals surface area contributed by atoms with Crippen molar-refractivity contribution in [1.29, 1.82) is 5.26 Å². The number of amides is 2. The van der Waals surface area contributed by atoms with Crippen LogP contribution in [0.25, 0.3) is 6.08 Å². The summed E-state index contributed by atoms with van der Waals surface area (Å²) >= 11 is 0. The number of nitrogens with one attached hydrogen (secondary N) is 2. The minimum Gasteiger partial charge on any atom is -0.484 e. The topological polar surface area (TPSA) is 91.2 Å². The maximum absolute atomic E-state index is 12.3. The lowest BCUT2D eigenvalue weighted by atomic mass is 10.1. The maximum atomic E-state index is 12.3. The molecule has 0 aromatic heterocycles. The van der Waals surface area contributed by atoms with E-state index >= 15 is 0 Å². The molecule has 3 aromatic carbocycles. The summed E-state index contributed by atoms with van der Waals surface area (Å²) in [6.45, 7) is 2.25. The van der Waals surface area contributed by atoms with E-state index in [1.807, 2.05) is 73.7 Å². The van der Waals surface area contributed by atoms with Crippen molar-refractivity contribution >= 4 is 17.9 Å². The Morgan fingerprint density at radius 3 is 2.26 bits per heavy atom. The van der Waals surface area contributed by atoms with Crippen molar-refractivity contribution < 1.29 is 14.3 Å². The molecule has 3 aromatic rings. The molecular weight excluding hydrogens is 426 g/mol. The third kappa shape index (κ3) is 7.64. The van der Waals surface area contributed by atoms with Crippen LogP contribution >= 0.6 is 0 Å². The molecule has 0 saturated heterocycles. The summed E-state index contributed by atoms with van der Waals surface area (Å²) in [5.74, 6) is -0.118. The highest BCUT2D eigenvalue weighted by molar-refractivity contribution is 6.01. The van der Waals surface area contributed by atoms with Crippen LogP contribution in [0.15, 0.2) is 90.5 Å². The fraction of sp³-hybridized carbons (Fsp3) is 0.179. The Balaban J connectivity index is 1.47. The summed E-state index contributed by atoms with van der Waals surface area (Å²) in [4.78, 5) is 24.5. The standard InChI is InChI=1S/C28H27N3O3/c1-21(24-10-6-3-7-11-24)31-27(32)20-34-26-14-12-23(13-15-26)18-25(19-29)28(33)30-17-16-22-8-4-2-5-9-22/h2-15,18,21H,16-17,20H2,1H3,(H,30,33)(H,31,32)/b25-18+/t21-/m1/s1. The number of carbonyl (C=O) groups is 2. The maximum Gasteiger partial charge on any atom is 0.261 e. The van der Waals surface area contributed by atoms with Gasteiger partial charge >= 0.3 is 0 Å². The Morgan fingerprint density at radius 2 is 1.62 bits per heavy atom. The van der Waals surface area contributed by atoms with E-state index in [2.05, 4.69) is 10.6 Å². The van der Waals surface area contributed by atoms with E-state index in [0.29, 0.717) is 24.3 Å². The van der Waals surface area contributed by atoms with Gasteiger partial charge in [0.25, 0.3) is 11.8 Å². The van der Waals surface area contributed by atoms with Gasteiger partial charge in [-0.1, -0.05) is 72.8 Å². The second kappa shape index (κ2) is 12.6. The Labute approximate surface area is 199 Å². The highest BCUT2D eigenvalue weighted by Gasteiger charge is 2.11. The van der Waals surface area contributed by atoms with Crippen LogP contribution in [0.5, 0.6) is 5.75 Å². The van der Waals surface area contributed by atoms with Gasteiger partial charge in [-0.25, -0.2) is 0 Å².